The Morgan fingerprint density at radius 1 is 0.900 bits per heavy atom. The summed E-state index contributed by atoms with van der Waals surface area (Å²) in [5, 5.41) is 7.11. The molecule has 0 bridgehead atoms. The number of rotatable bonds is 9. The lowest BCUT2D eigenvalue weighted by Crippen LogP contribution is -2.49. The molecule has 6 heteroatoms. The van der Waals surface area contributed by atoms with Crippen LogP contribution < -0.4 is 10.6 Å². The normalized spacial score (nSPS) is 20.4. The highest BCUT2D eigenvalue weighted by Crippen LogP contribution is 2.11. The van der Waals surface area contributed by atoms with Crippen molar-refractivity contribution in [1.29, 1.82) is 0 Å². The third-order valence-electron chi connectivity index (χ3n) is 6.21. The Morgan fingerprint density at radius 3 is 2.23 bits per heavy atom. The molecule has 6 nitrogen and oxygen atoms in total. The third kappa shape index (κ3) is 7.89. The summed E-state index contributed by atoms with van der Waals surface area (Å²) >= 11 is 0. The Morgan fingerprint density at radius 2 is 1.57 bits per heavy atom. The van der Waals surface area contributed by atoms with Crippen LogP contribution in [0.1, 0.15) is 38.7 Å². The summed E-state index contributed by atoms with van der Waals surface area (Å²) in [7, 11) is 0. The van der Waals surface area contributed by atoms with E-state index in [1.807, 2.05) is 0 Å². The van der Waals surface area contributed by atoms with Gasteiger partial charge in [0, 0.05) is 64.9 Å². The number of hydrogen-bond acceptors (Lipinski definition) is 4. The Bertz CT molecular complexity index is 603. The number of benzene rings is 1. The van der Waals surface area contributed by atoms with Gasteiger partial charge in [-0.15, -0.1) is 0 Å². The fraction of sp³-hybridized carbons (Fsp3) is 0.708. The van der Waals surface area contributed by atoms with Crippen molar-refractivity contribution in [2.75, 3.05) is 65.4 Å². The van der Waals surface area contributed by atoms with Crippen LogP contribution in [0.2, 0.25) is 0 Å². The van der Waals surface area contributed by atoms with Gasteiger partial charge in [0.05, 0.1) is 6.54 Å². The van der Waals surface area contributed by atoms with Crippen LogP contribution in [0.5, 0.6) is 0 Å². The molecule has 1 aromatic carbocycles. The summed E-state index contributed by atoms with van der Waals surface area (Å²) < 4.78 is 0. The average Bonchev–Trinajstić information content (AvgIpc) is 2.77. The minimum absolute atomic E-state index is 0.553. The van der Waals surface area contributed by atoms with Crippen LogP contribution in [-0.2, 0) is 6.54 Å². The second-order valence-electron chi connectivity index (χ2n) is 8.62. The maximum Gasteiger partial charge on any atom is 0.191 e. The minimum atomic E-state index is 0.553. The van der Waals surface area contributed by atoms with Gasteiger partial charge in [-0.05, 0) is 38.3 Å². The molecule has 0 radical (unpaired) electrons. The fourth-order valence-electron chi connectivity index (χ4n) is 4.45. The lowest BCUT2D eigenvalue weighted by Gasteiger charge is -2.34. The number of likely N-dealkylation sites (tertiary alicyclic amines) is 1. The number of aliphatic imine (C=N–C) groups is 1. The van der Waals surface area contributed by atoms with Crippen molar-refractivity contribution >= 4 is 5.96 Å². The lowest BCUT2D eigenvalue weighted by atomic mass is 10.1. The van der Waals surface area contributed by atoms with E-state index < -0.39 is 0 Å². The molecule has 2 heterocycles. The predicted molar refractivity (Wildman–Crippen MR) is 127 cm³/mol. The molecule has 0 spiro atoms. The van der Waals surface area contributed by atoms with E-state index in [0.717, 1.165) is 58.3 Å². The number of nitrogens with zero attached hydrogens (tertiary/aromatic N) is 4. The van der Waals surface area contributed by atoms with Gasteiger partial charge in [-0.3, -0.25) is 14.8 Å². The van der Waals surface area contributed by atoms with Crippen LogP contribution in [0.3, 0.4) is 0 Å². The molecule has 0 aromatic heterocycles. The van der Waals surface area contributed by atoms with Crippen LogP contribution >= 0.6 is 0 Å². The van der Waals surface area contributed by atoms with Gasteiger partial charge in [-0.2, -0.15) is 0 Å². The maximum absolute atomic E-state index is 4.87. The van der Waals surface area contributed by atoms with Crippen molar-refractivity contribution < 1.29 is 0 Å². The molecule has 30 heavy (non-hydrogen) atoms. The number of nitrogens with one attached hydrogen (secondary N) is 2. The van der Waals surface area contributed by atoms with Crippen molar-refractivity contribution in [3.05, 3.63) is 35.9 Å². The smallest absolute Gasteiger partial charge is 0.191 e. The SMILES string of the molecule is CCCN1CCC(NC(=NCCN2CCN(Cc3ccccc3)CC2)NCC)CC1. The molecule has 0 atom stereocenters. The number of piperazine rings is 1. The largest absolute Gasteiger partial charge is 0.357 e. The van der Waals surface area contributed by atoms with Gasteiger partial charge < -0.3 is 15.5 Å². The van der Waals surface area contributed by atoms with E-state index in [9.17, 15) is 0 Å². The van der Waals surface area contributed by atoms with Crippen LogP contribution in [-0.4, -0.2) is 92.1 Å². The molecule has 0 unspecified atom stereocenters. The quantitative estimate of drug-likeness (QED) is 0.479. The van der Waals surface area contributed by atoms with E-state index in [-0.39, 0.29) is 0 Å². The highest BCUT2D eigenvalue weighted by Gasteiger charge is 2.20. The molecule has 2 fully saturated rings. The average molecular weight is 415 g/mol. The highest BCUT2D eigenvalue weighted by atomic mass is 15.3. The van der Waals surface area contributed by atoms with Crippen molar-refractivity contribution in [2.45, 2.75) is 45.7 Å². The van der Waals surface area contributed by atoms with Gasteiger partial charge >= 0.3 is 0 Å². The van der Waals surface area contributed by atoms with Gasteiger partial charge in [0.25, 0.3) is 0 Å². The number of hydrogen-bond donors (Lipinski definition) is 2. The Labute approximate surface area is 183 Å². The second kappa shape index (κ2) is 12.9. The topological polar surface area (TPSA) is 46.1 Å². The first-order valence-corrected chi connectivity index (χ1v) is 12.0. The summed E-state index contributed by atoms with van der Waals surface area (Å²) in [5.41, 5.74) is 1.41. The first-order chi connectivity index (χ1) is 14.8. The Kier molecular flexibility index (Phi) is 9.93. The van der Waals surface area contributed by atoms with Crippen molar-refractivity contribution in [2.24, 2.45) is 4.99 Å². The van der Waals surface area contributed by atoms with Gasteiger partial charge in [0.2, 0.25) is 0 Å². The summed E-state index contributed by atoms with van der Waals surface area (Å²) in [6, 6.07) is 11.4. The van der Waals surface area contributed by atoms with Crippen LogP contribution in [0.25, 0.3) is 0 Å². The zero-order valence-electron chi connectivity index (χ0n) is 19.2. The first-order valence-electron chi connectivity index (χ1n) is 12.0. The maximum atomic E-state index is 4.87. The van der Waals surface area contributed by atoms with E-state index >= 15 is 0 Å². The van der Waals surface area contributed by atoms with Crippen molar-refractivity contribution in [3.8, 4) is 0 Å². The van der Waals surface area contributed by atoms with Gasteiger partial charge in [0.15, 0.2) is 5.96 Å². The van der Waals surface area contributed by atoms with E-state index in [0.29, 0.717) is 6.04 Å². The zero-order chi connectivity index (χ0) is 21.0. The standard InChI is InChI=1S/C24H42N6/c1-3-13-28-14-10-23(11-15-28)27-24(25-4-2)26-12-16-29-17-19-30(20-18-29)21-22-8-6-5-7-9-22/h5-9,23H,3-4,10-21H2,1-2H3,(H2,25,26,27). The molecule has 0 saturated carbocycles. The molecule has 168 valence electrons. The molecule has 0 amide bonds. The second-order valence-corrected chi connectivity index (χ2v) is 8.62. The summed E-state index contributed by atoms with van der Waals surface area (Å²) in [4.78, 5) is 12.6. The summed E-state index contributed by atoms with van der Waals surface area (Å²) in [5.74, 6) is 0.995. The molecular weight excluding hydrogens is 372 g/mol. The van der Waals surface area contributed by atoms with Crippen molar-refractivity contribution in [1.82, 2.24) is 25.3 Å². The first kappa shape index (κ1) is 23.0. The molecule has 2 aliphatic heterocycles. The lowest BCUT2D eigenvalue weighted by molar-refractivity contribution is 0.130. The molecule has 0 aliphatic carbocycles. The molecule has 3 rings (SSSR count). The predicted octanol–water partition coefficient (Wildman–Crippen LogP) is 2.23. The van der Waals surface area contributed by atoms with Crippen LogP contribution in [0, 0.1) is 0 Å². The van der Waals surface area contributed by atoms with Crippen molar-refractivity contribution in [3.63, 3.8) is 0 Å². The van der Waals surface area contributed by atoms with E-state index in [1.165, 1.54) is 44.5 Å². The van der Waals surface area contributed by atoms with E-state index in [1.54, 1.807) is 0 Å². The van der Waals surface area contributed by atoms with Gasteiger partial charge in [-0.25, -0.2) is 0 Å². The summed E-state index contributed by atoms with van der Waals surface area (Å²) in [6.45, 7) is 16.5. The van der Waals surface area contributed by atoms with E-state index in [4.69, 9.17) is 4.99 Å². The fourth-order valence-corrected chi connectivity index (χ4v) is 4.45. The molecule has 2 N–H and O–H groups in total. The van der Waals surface area contributed by atoms with Crippen LogP contribution in [0.4, 0.5) is 0 Å². The van der Waals surface area contributed by atoms with E-state index in [2.05, 4.69) is 69.5 Å². The zero-order valence-corrected chi connectivity index (χ0v) is 19.2. The molecule has 2 aliphatic rings. The van der Waals surface area contributed by atoms with Crippen LogP contribution in [0.15, 0.2) is 35.3 Å². The molecule has 1 aromatic rings. The third-order valence-corrected chi connectivity index (χ3v) is 6.21. The molecule has 2 saturated heterocycles. The minimum Gasteiger partial charge on any atom is -0.357 e. The number of piperidine rings is 1. The van der Waals surface area contributed by atoms with Gasteiger partial charge in [0.1, 0.15) is 0 Å². The Balaban J connectivity index is 1.35. The highest BCUT2D eigenvalue weighted by molar-refractivity contribution is 5.80. The monoisotopic (exact) mass is 414 g/mol. The summed E-state index contributed by atoms with van der Waals surface area (Å²) in [6.07, 6.45) is 3.68. The van der Waals surface area contributed by atoms with Gasteiger partial charge in [-0.1, -0.05) is 37.3 Å². The molecular formula is C24H42N6. The Hall–Kier alpha value is -1.63. The number of guanidine groups is 1.